The number of fused-ring (bicyclic) bond motifs is 1. The molecular weight excluding hydrogens is 352 g/mol. The van der Waals surface area contributed by atoms with Crippen LogP contribution in [0.3, 0.4) is 0 Å². The smallest absolute Gasteiger partial charge is 0.189 e. The number of thiophene rings is 1. The third-order valence-electron chi connectivity index (χ3n) is 4.78. The monoisotopic (exact) mass is 368 g/mol. The average molecular weight is 368 g/mol. The molecule has 2 aromatic heterocycles. The number of hydrogen-bond donors (Lipinski definition) is 0. The van der Waals surface area contributed by atoms with E-state index in [-0.39, 0.29) is 5.78 Å². The van der Waals surface area contributed by atoms with E-state index in [9.17, 15) is 4.79 Å². The first-order chi connectivity index (χ1) is 13.3. The Kier molecular flexibility index (Phi) is 3.84. The molecule has 0 atom stereocenters. The van der Waals surface area contributed by atoms with Crippen molar-refractivity contribution >= 4 is 23.2 Å². The number of carbonyl (C=O) groups is 1. The van der Waals surface area contributed by atoms with Crippen LogP contribution in [0.25, 0.3) is 22.3 Å². The van der Waals surface area contributed by atoms with Crippen molar-refractivity contribution in [1.29, 1.82) is 0 Å². The molecule has 27 heavy (non-hydrogen) atoms. The number of Topliss-reactive ketones (excluding diaryl/α,β-unsaturated/α-hetero) is 1. The molecule has 0 aliphatic heterocycles. The van der Waals surface area contributed by atoms with Crippen LogP contribution < -0.4 is 0 Å². The van der Waals surface area contributed by atoms with E-state index < -0.39 is 0 Å². The number of para-hydroxylation sites is 1. The van der Waals surface area contributed by atoms with Crippen LogP contribution in [-0.2, 0) is 6.42 Å². The summed E-state index contributed by atoms with van der Waals surface area (Å²) in [6.07, 6.45) is 4.69. The molecule has 2 aromatic carbocycles. The largest absolute Gasteiger partial charge is 0.289 e. The number of benzene rings is 2. The molecular formula is C23H16N2OS. The highest BCUT2D eigenvalue weighted by atomic mass is 32.1. The van der Waals surface area contributed by atoms with Crippen molar-refractivity contribution < 1.29 is 4.79 Å². The van der Waals surface area contributed by atoms with Gasteiger partial charge in [-0.3, -0.25) is 4.79 Å². The molecule has 0 saturated carbocycles. The van der Waals surface area contributed by atoms with Crippen LogP contribution in [0, 0.1) is 0 Å². The number of aromatic nitrogens is 2. The zero-order valence-corrected chi connectivity index (χ0v) is 15.3. The van der Waals surface area contributed by atoms with Gasteiger partial charge in [0.15, 0.2) is 5.78 Å². The number of allylic oxidation sites excluding steroid dienone is 1. The van der Waals surface area contributed by atoms with Gasteiger partial charge in [-0.2, -0.15) is 5.10 Å². The maximum atomic E-state index is 12.8. The minimum Gasteiger partial charge on any atom is -0.289 e. The molecule has 0 unspecified atom stereocenters. The number of ketones is 1. The Hall–Kier alpha value is -3.24. The van der Waals surface area contributed by atoms with Gasteiger partial charge < -0.3 is 0 Å². The van der Waals surface area contributed by atoms with Crippen molar-refractivity contribution in [2.45, 2.75) is 6.42 Å². The van der Waals surface area contributed by atoms with E-state index in [1.807, 2.05) is 83.0 Å². The van der Waals surface area contributed by atoms with Crippen molar-refractivity contribution in [3.05, 3.63) is 101 Å². The van der Waals surface area contributed by atoms with Gasteiger partial charge >= 0.3 is 0 Å². The predicted molar refractivity (Wildman–Crippen MR) is 109 cm³/mol. The molecule has 130 valence electrons. The van der Waals surface area contributed by atoms with Crippen LogP contribution in [-0.4, -0.2) is 15.6 Å². The van der Waals surface area contributed by atoms with Gasteiger partial charge in [0.25, 0.3) is 0 Å². The second-order valence-corrected chi connectivity index (χ2v) is 7.47. The highest BCUT2D eigenvalue weighted by Gasteiger charge is 2.25. The standard InChI is InChI=1S/C23H16N2OS/c26-23-17(13-16-7-4-5-10-20(16)23)14-18-15-25(19-8-2-1-3-9-19)24-22(18)21-11-6-12-27-21/h1-12,14-15H,13H2. The first-order valence-corrected chi connectivity index (χ1v) is 9.70. The summed E-state index contributed by atoms with van der Waals surface area (Å²) in [5, 5.41) is 6.86. The average Bonchev–Trinajstić information content (AvgIpc) is 3.43. The Morgan fingerprint density at radius 1 is 0.963 bits per heavy atom. The van der Waals surface area contributed by atoms with Crippen LogP contribution in [0.5, 0.6) is 0 Å². The number of carbonyl (C=O) groups excluding carboxylic acids is 1. The lowest BCUT2D eigenvalue weighted by Crippen LogP contribution is -1.95. The molecule has 2 heterocycles. The van der Waals surface area contributed by atoms with E-state index in [2.05, 4.69) is 6.07 Å². The summed E-state index contributed by atoms with van der Waals surface area (Å²) in [6, 6.07) is 22.0. The van der Waals surface area contributed by atoms with Gasteiger partial charge in [0.1, 0.15) is 5.69 Å². The van der Waals surface area contributed by atoms with Crippen molar-refractivity contribution in [2.24, 2.45) is 0 Å². The molecule has 0 bridgehead atoms. The van der Waals surface area contributed by atoms with Gasteiger partial charge in [-0.25, -0.2) is 4.68 Å². The van der Waals surface area contributed by atoms with Crippen LogP contribution in [0.15, 0.2) is 83.9 Å². The summed E-state index contributed by atoms with van der Waals surface area (Å²) in [6.45, 7) is 0. The van der Waals surface area contributed by atoms with Gasteiger partial charge in [0.2, 0.25) is 0 Å². The van der Waals surface area contributed by atoms with Crippen LogP contribution in [0.4, 0.5) is 0 Å². The first-order valence-electron chi connectivity index (χ1n) is 8.82. The Morgan fingerprint density at radius 2 is 1.78 bits per heavy atom. The predicted octanol–water partition coefficient (Wildman–Crippen LogP) is 5.42. The van der Waals surface area contributed by atoms with Gasteiger partial charge in [0, 0.05) is 29.3 Å². The lowest BCUT2D eigenvalue weighted by molar-refractivity contribution is 0.104. The van der Waals surface area contributed by atoms with E-state index in [1.54, 1.807) is 11.3 Å². The van der Waals surface area contributed by atoms with E-state index in [4.69, 9.17) is 5.10 Å². The maximum Gasteiger partial charge on any atom is 0.189 e. The summed E-state index contributed by atoms with van der Waals surface area (Å²) in [7, 11) is 0. The molecule has 0 amide bonds. The molecule has 3 nitrogen and oxygen atoms in total. The lowest BCUT2D eigenvalue weighted by atomic mass is 10.1. The molecule has 0 saturated heterocycles. The Labute approximate surface area is 161 Å². The summed E-state index contributed by atoms with van der Waals surface area (Å²) in [4.78, 5) is 13.9. The van der Waals surface area contributed by atoms with Gasteiger partial charge in [-0.1, -0.05) is 48.5 Å². The van der Waals surface area contributed by atoms with Gasteiger partial charge in [-0.15, -0.1) is 11.3 Å². The minimum absolute atomic E-state index is 0.121. The van der Waals surface area contributed by atoms with Gasteiger partial charge in [0.05, 0.1) is 10.6 Å². The number of hydrogen-bond acceptors (Lipinski definition) is 3. The van der Waals surface area contributed by atoms with Crippen molar-refractivity contribution in [2.75, 3.05) is 0 Å². The minimum atomic E-state index is 0.121. The maximum absolute atomic E-state index is 12.8. The SMILES string of the molecule is O=C1C(=Cc2cn(-c3ccccc3)nc2-c2cccs2)Cc2ccccc21. The summed E-state index contributed by atoms with van der Waals surface area (Å²) in [5.74, 6) is 0.121. The van der Waals surface area contributed by atoms with E-state index >= 15 is 0 Å². The van der Waals surface area contributed by atoms with Crippen LogP contribution in [0.1, 0.15) is 21.5 Å². The molecule has 1 aliphatic rings. The van der Waals surface area contributed by atoms with E-state index in [0.29, 0.717) is 6.42 Å². The molecule has 0 N–H and O–H groups in total. The number of nitrogens with zero attached hydrogens (tertiary/aromatic N) is 2. The van der Waals surface area contributed by atoms with Crippen molar-refractivity contribution in [3.63, 3.8) is 0 Å². The quantitative estimate of drug-likeness (QED) is 0.452. The zero-order chi connectivity index (χ0) is 18.2. The summed E-state index contributed by atoms with van der Waals surface area (Å²) >= 11 is 1.65. The molecule has 0 radical (unpaired) electrons. The van der Waals surface area contributed by atoms with E-state index in [0.717, 1.165) is 38.5 Å². The fraction of sp³-hybridized carbons (Fsp3) is 0.0435. The van der Waals surface area contributed by atoms with Crippen molar-refractivity contribution in [1.82, 2.24) is 9.78 Å². The van der Waals surface area contributed by atoms with Gasteiger partial charge in [-0.05, 0) is 35.2 Å². The van der Waals surface area contributed by atoms with Crippen molar-refractivity contribution in [3.8, 4) is 16.3 Å². The normalized spacial score (nSPS) is 14.7. The highest BCUT2D eigenvalue weighted by molar-refractivity contribution is 7.13. The van der Waals surface area contributed by atoms with Crippen LogP contribution in [0.2, 0.25) is 0 Å². The molecule has 5 rings (SSSR count). The Morgan fingerprint density at radius 3 is 2.56 bits per heavy atom. The molecule has 4 heteroatoms. The summed E-state index contributed by atoms with van der Waals surface area (Å²) < 4.78 is 1.88. The second kappa shape index (κ2) is 6.49. The Balaban J connectivity index is 1.62. The molecule has 4 aromatic rings. The summed E-state index contributed by atoms with van der Waals surface area (Å²) in [5.41, 5.74) is 5.61. The van der Waals surface area contributed by atoms with E-state index in [1.165, 1.54) is 0 Å². The zero-order valence-electron chi connectivity index (χ0n) is 14.5. The Bertz CT molecular complexity index is 1150. The number of rotatable bonds is 3. The second-order valence-electron chi connectivity index (χ2n) is 6.52. The topological polar surface area (TPSA) is 34.9 Å². The fourth-order valence-electron chi connectivity index (χ4n) is 3.47. The highest BCUT2D eigenvalue weighted by Crippen LogP contribution is 2.32. The third-order valence-corrected chi connectivity index (χ3v) is 5.66. The molecule has 1 aliphatic carbocycles. The fourth-order valence-corrected chi connectivity index (χ4v) is 4.20. The first kappa shape index (κ1) is 16.0. The van der Waals surface area contributed by atoms with Crippen LogP contribution >= 0.6 is 11.3 Å². The third kappa shape index (κ3) is 2.84. The molecule has 0 spiro atoms. The molecule has 0 fully saturated rings. The lowest BCUT2D eigenvalue weighted by Gasteiger charge is -1.99.